The predicted octanol–water partition coefficient (Wildman–Crippen LogP) is 3.80. The largest absolute Gasteiger partial charge is 0.342 e. The number of hydrogen-bond donors (Lipinski definition) is 1. The van der Waals surface area contributed by atoms with Crippen LogP contribution in [0.3, 0.4) is 0 Å². The summed E-state index contributed by atoms with van der Waals surface area (Å²) in [6.45, 7) is 3.69. The summed E-state index contributed by atoms with van der Waals surface area (Å²) in [5.41, 5.74) is 2.10. The van der Waals surface area contributed by atoms with Crippen molar-refractivity contribution >= 4 is 34.4 Å². The fourth-order valence-electron chi connectivity index (χ4n) is 3.78. The van der Waals surface area contributed by atoms with E-state index < -0.39 is 6.04 Å². The molecule has 3 aromatic rings. The van der Waals surface area contributed by atoms with Gasteiger partial charge in [0.25, 0.3) is 5.91 Å². The molecule has 4 rings (SSSR count). The van der Waals surface area contributed by atoms with Crippen molar-refractivity contribution in [2.45, 2.75) is 32.4 Å². The molecule has 2 amide bonds. The maximum absolute atomic E-state index is 12.8. The Labute approximate surface area is 174 Å². The van der Waals surface area contributed by atoms with E-state index in [2.05, 4.69) is 5.32 Å². The molecule has 1 aliphatic rings. The molecule has 7 heteroatoms. The van der Waals surface area contributed by atoms with E-state index in [1.807, 2.05) is 40.7 Å². The Balaban J connectivity index is 1.62. The molecule has 0 spiro atoms. The zero-order valence-electron chi connectivity index (χ0n) is 16.3. The minimum absolute atomic E-state index is 0.0801. The first kappa shape index (κ1) is 19.5. The molecule has 6 nitrogen and oxygen atoms in total. The Kier molecular flexibility index (Phi) is 5.53. The number of imidazole rings is 1. The van der Waals surface area contributed by atoms with Crippen LogP contribution in [0.4, 0.5) is 0 Å². The predicted molar refractivity (Wildman–Crippen MR) is 113 cm³/mol. The number of benzene rings is 2. The number of aromatic nitrogens is 2. The Morgan fingerprint density at radius 3 is 2.55 bits per heavy atom. The van der Waals surface area contributed by atoms with Crippen LogP contribution in [0.1, 0.15) is 42.0 Å². The lowest BCUT2D eigenvalue weighted by atomic mass is 10.2. The van der Waals surface area contributed by atoms with Crippen LogP contribution in [0, 0.1) is 0 Å². The van der Waals surface area contributed by atoms with Crippen LogP contribution in [-0.2, 0) is 11.3 Å². The first-order valence-electron chi connectivity index (χ1n) is 9.83. The second-order valence-electron chi connectivity index (χ2n) is 7.31. The van der Waals surface area contributed by atoms with Gasteiger partial charge >= 0.3 is 0 Å². The summed E-state index contributed by atoms with van der Waals surface area (Å²) in [4.78, 5) is 32.1. The number of fused-ring (bicyclic) bond motifs is 1. The van der Waals surface area contributed by atoms with Gasteiger partial charge in [-0.25, -0.2) is 4.98 Å². The molecule has 1 aliphatic heterocycles. The highest BCUT2D eigenvalue weighted by Gasteiger charge is 2.24. The van der Waals surface area contributed by atoms with E-state index in [1.54, 1.807) is 24.3 Å². The van der Waals surface area contributed by atoms with E-state index in [0.717, 1.165) is 37.0 Å². The lowest BCUT2D eigenvalue weighted by Crippen LogP contribution is -2.33. The summed E-state index contributed by atoms with van der Waals surface area (Å²) in [6.07, 6.45) is 2.10. The Morgan fingerprint density at radius 2 is 1.79 bits per heavy atom. The van der Waals surface area contributed by atoms with Crippen molar-refractivity contribution in [2.75, 3.05) is 13.1 Å². The SMILES string of the molecule is CC(NC(=O)c1ccccc1Cl)c1nc2ccccc2n1CC(=O)N1CCCC1. The number of carbonyl (C=O) groups excluding carboxylic acids is 2. The molecule has 0 radical (unpaired) electrons. The Hall–Kier alpha value is -2.86. The van der Waals surface area contributed by atoms with Gasteiger partial charge in [-0.3, -0.25) is 9.59 Å². The number of para-hydroxylation sites is 2. The van der Waals surface area contributed by atoms with Gasteiger partial charge in [0, 0.05) is 13.1 Å². The third kappa shape index (κ3) is 3.98. The number of carbonyl (C=O) groups is 2. The minimum atomic E-state index is -0.391. The number of amides is 2. The van der Waals surface area contributed by atoms with Gasteiger partial charge in [0.2, 0.25) is 5.91 Å². The first-order valence-corrected chi connectivity index (χ1v) is 10.2. The van der Waals surface area contributed by atoms with E-state index in [1.165, 1.54) is 0 Å². The monoisotopic (exact) mass is 410 g/mol. The zero-order valence-corrected chi connectivity index (χ0v) is 17.0. The number of likely N-dealkylation sites (tertiary alicyclic amines) is 1. The quantitative estimate of drug-likeness (QED) is 0.695. The highest BCUT2D eigenvalue weighted by Crippen LogP contribution is 2.23. The fourth-order valence-corrected chi connectivity index (χ4v) is 4.00. The van der Waals surface area contributed by atoms with Gasteiger partial charge < -0.3 is 14.8 Å². The van der Waals surface area contributed by atoms with Gasteiger partial charge in [0.05, 0.1) is 27.7 Å². The van der Waals surface area contributed by atoms with E-state index >= 15 is 0 Å². The van der Waals surface area contributed by atoms with Crippen LogP contribution >= 0.6 is 11.6 Å². The molecule has 0 aliphatic carbocycles. The molecular formula is C22H23ClN4O2. The van der Waals surface area contributed by atoms with Crippen molar-refractivity contribution in [1.29, 1.82) is 0 Å². The Morgan fingerprint density at radius 1 is 1.10 bits per heavy atom. The van der Waals surface area contributed by atoms with E-state index in [0.29, 0.717) is 16.4 Å². The zero-order chi connectivity index (χ0) is 20.4. The molecule has 1 atom stereocenters. The number of rotatable bonds is 5. The molecule has 0 bridgehead atoms. The molecule has 29 heavy (non-hydrogen) atoms. The summed E-state index contributed by atoms with van der Waals surface area (Å²) < 4.78 is 1.91. The molecular weight excluding hydrogens is 388 g/mol. The van der Waals surface area contributed by atoms with E-state index in [-0.39, 0.29) is 18.4 Å². The van der Waals surface area contributed by atoms with Gasteiger partial charge in [-0.1, -0.05) is 35.9 Å². The third-order valence-corrected chi connectivity index (χ3v) is 5.62. The summed E-state index contributed by atoms with van der Waals surface area (Å²) >= 11 is 6.15. The molecule has 1 unspecified atom stereocenters. The fraction of sp³-hybridized carbons (Fsp3) is 0.318. The van der Waals surface area contributed by atoms with Crippen LogP contribution in [0.2, 0.25) is 5.02 Å². The van der Waals surface area contributed by atoms with Gasteiger partial charge in [-0.05, 0) is 44.0 Å². The molecule has 0 saturated carbocycles. The summed E-state index contributed by atoms with van der Waals surface area (Å²) in [7, 11) is 0. The topological polar surface area (TPSA) is 67.2 Å². The van der Waals surface area contributed by atoms with Crippen LogP contribution in [0.15, 0.2) is 48.5 Å². The highest BCUT2D eigenvalue weighted by molar-refractivity contribution is 6.33. The second kappa shape index (κ2) is 8.25. The van der Waals surface area contributed by atoms with E-state index in [4.69, 9.17) is 16.6 Å². The van der Waals surface area contributed by atoms with Crippen molar-refractivity contribution in [3.63, 3.8) is 0 Å². The maximum Gasteiger partial charge on any atom is 0.253 e. The lowest BCUT2D eigenvalue weighted by molar-refractivity contribution is -0.130. The van der Waals surface area contributed by atoms with Crippen molar-refractivity contribution in [3.8, 4) is 0 Å². The van der Waals surface area contributed by atoms with Gasteiger partial charge in [-0.2, -0.15) is 0 Å². The smallest absolute Gasteiger partial charge is 0.253 e. The van der Waals surface area contributed by atoms with Crippen molar-refractivity contribution in [3.05, 3.63) is 64.9 Å². The molecule has 1 fully saturated rings. The molecule has 150 valence electrons. The molecule has 2 aromatic carbocycles. The number of nitrogens with zero attached hydrogens (tertiary/aromatic N) is 3. The van der Waals surface area contributed by atoms with Gasteiger partial charge in [-0.15, -0.1) is 0 Å². The second-order valence-corrected chi connectivity index (χ2v) is 7.71. The number of halogens is 1. The van der Waals surface area contributed by atoms with Gasteiger partial charge in [0.15, 0.2) is 0 Å². The highest BCUT2D eigenvalue weighted by atomic mass is 35.5. The molecule has 1 aromatic heterocycles. The van der Waals surface area contributed by atoms with Crippen LogP contribution in [-0.4, -0.2) is 39.4 Å². The third-order valence-electron chi connectivity index (χ3n) is 5.29. The average Bonchev–Trinajstić information content (AvgIpc) is 3.37. The number of nitrogens with one attached hydrogen (secondary N) is 1. The van der Waals surface area contributed by atoms with Crippen LogP contribution in [0.5, 0.6) is 0 Å². The average molecular weight is 411 g/mol. The molecule has 1 saturated heterocycles. The lowest BCUT2D eigenvalue weighted by Gasteiger charge is -2.19. The maximum atomic E-state index is 12.8. The molecule has 2 heterocycles. The van der Waals surface area contributed by atoms with Crippen molar-refractivity contribution in [1.82, 2.24) is 19.8 Å². The van der Waals surface area contributed by atoms with Crippen molar-refractivity contribution < 1.29 is 9.59 Å². The minimum Gasteiger partial charge on any atom is -0.342 e. The summed E-state index contributed by atoms with van der Waals surface area (Å²) in [5, 5.41) is 3.36. The molecule has 1 N–H and O–H groups in total. The van der Waals surface area contributed by atoms with Gasteiger partial charge in [0.1, 0.15) is 12.4 Å². The normalized spacial score (nSPS) is 14.9. The summed E-state index contributed by atoms with van der Waals surface area (Å²) in [6, 6.07) is 14.2. The first-order chi connectivity index (χ1) is 14.0. The Bertz CT molecular complexity index is 1060. The van der Waals surface area contributed by atoms with Crippen LogP contribution in [0.25, 0.3) is 11.0 Å². The van der Waals surface area contributed by atoms with E-state index in [9.17, 15) is 9.59 Å². The van der Waals surface area contributed by atoms with Crippen molar-refractivity contribution in [2.24, 2.45) is 0 Å². The number of hydrogen-bond acceptors (Lipinski definition) is 3. The standard InChI is InChI=1S/C22H23ClN4O2/c1-15(24-22(29)16-8-2-3-9-17(16)23)21-25-18-10-4-5-11-19(18)27(21)14-20(28)26-12-6-7-13-26/h2-5,8-11,15H,6-7,12-14H2,1H3,(H,24,29). The summed E-state index contributed by atoms with van der Waals surface area (Å²) in [5.74, 6) is 0.461. The van der Waals surface area contributed by atoms with Crippen LogP contribution < -0.4 is 5.32 Å².